The van der Waals surface area contributed by atoms with Crippen molar-refractivity contribution in [3.05, 3.63) is 23.8 Å². The van der Waals surface area contributed by atoms with E-state index in [-0.39, 0.29) is 29.9 Å². The van der Waals surface area contributed by atoms with Crippen LogP contribution in [-0.2, 0) is 4.79 Å². The Hall–Kier alpha value is -2.24. The van der Waals surface area contributed by atoms with Crippen molar-refractivity contribution in [3.63, 3.8) is 0 Å². The number of primary amides is 1. The van der Waals surface area contributed by atoms with Crippen molar-refractivity contribution >= 4 is 17.5 Å². The molecular weight excluding hydrogens is 258 g/mol. The zero-order chi connectivity index (χ0) is 14.5. The van der Waals surface area contributed by atoms with Gasteiger partial charge in [0.1, 0.15) is 5.75 Å². The molecule has 1 aromatic rings. The van der Waals surface area contributed by atoms with Crippen molar-refractivity contribution in [2.75, 3.05) is 12.3 Å². The summed E-state index contributed by atoms with van der Waals surface area (Å²) in [6.07, 6.45) is 4.32. The second-order valence-electron chi connectivity index (χ2n) is 4.96. The van der Waals surface area contributed by atoms with E-state index in [1.54, 1.807) is 6.07 Å². The monoisotopic (exact) mass is 277 g/mol. The minimum atomic E-state index is -0.636. The van der Waals surface area contributed by atoms with Crippen LogP contribution < -0.4 is 21.5 Å². The Morgan fingerprint density at radius 3 is 2.65 bits per heavy atom. The van der Waals surface area contributed by atoms with Crippen molar-refractivity contribution in [2.45, 2.75) is 31.7 Å². The largest absolute Gasteiger partial charge is 0.483 e. The highest BCUT2D eigenvalue weighted by Crippen LogP contribution is 2.21. The fourth-order valence-electron chi connectivity index (χ4n) is 2.35. The van der Waals surface area contributed by atoms with Crippen LogP contribution in [0.15, 0.2) is 18.2 Å². The summed E-state index contributed by atoms with van der Waals surface area (Å²) < 4.78 is 5.36. The first-order valence-electron chi connectivity index (χ1n) is 6.68. The van der Waals surface area contributed by atoms with E-state index < -0.39 is 5.91 Å². The molecule has 1 aromatic carbocycles. The number of hydrogen-bond acceptors (Lipinski definition) is 4. The smallest absolute Gasteiger partial charge is 0.258 e. The minimum Gasteiger partial charge on any atom is -0.483 e. The van der Waals surface area contributed by atoms with Crippen molar-refractivity contribution in [2.24, 2.45) is 5.73 Å². The Labute approximate surface area is 117 Å². The Balaban J connectivity index is 1.93. The first-order valence-corrected chi connectivity index (χ1v) is 6.68. The van der Waals surface area contributed by atoms with Crippen molar-refractivity contribution in [1.82, 2.24) is 5.32 Å². The van der Waals surface area contributed by atoms with Gasteiger partial charge in [-0.1, -0.05) is 12.8 Å². The normalized spacial score (nSPS) is 15.0. The molecule has 6 heteroatoms. The lowest BCUT2D eigenvalue weighted by Gasteiger charge is -2.13. The fourth-order valence-corrected chi connectivity index (χ4v) is 2.35. The van der Waals surface area contributed by atoms with E-state index in [9.17, 15) is 9.59 Å². The molecule has 0 saturated heterocycles. The lowest BCUT2D eigenvalue weighted by atomic mass is 10.1. The van der Waals surface area contributed by atoms with Crippen LogP contribution in [0.4, 0.5) is 5.69 Å². The predicted molar refractivity (Wildman–Crippen MR) is 75.3 cm³/mol. The van der Waals surface area contributed by atoms with Gasteiger partial charge in [0.05, 0.1) is 5.56 Å². The summed E-state index contributed by atoms with van der Waals surface area (Å²) in [6, 6.07) is 4.81. The molecule has 0 aliphatic heterocycles. The van der Waals surface area contributed by atoms with Gasteiger partial charge in [-0.05, 0) is 31.0 Å². The maximum absolute atomic E-state index is 11.7. The number of anilines is 1. The quantitative estimate of drug-likeness (QED) is 0.692. The summed E-state index contributed by atoms with van der Waals surface area (Å²) in [5.74, 6) is -0.555. The number of rotatable bonds is 5. The topological polar surface area (TPSA) is 107 Å². The van der Waals surface area contributed by atoms with Crippen molar-refractivity contribution < 1.29 is 14.3 Å². The van der Waals surface area contributed by atoms with Crippen LogP contribution in [-0.4, -0.2) is 24.5 Å². The van der Waals surface area contributed by atoms with Crippen molar-refractivity contribution in [1.29, 1.82) is 0 Å². The molecule has 5 N–H and O–H groups in total. The standard InChI is InChI=1S/C14H19N3O3/c15-9-5-6-12(11(7-9)14(16)19)20-8-13(18)17-10-3-1-2-4-10/h5-7,10H,1-4,8,15H2,(H2,16,19)(H,17,18). The maximum Gasteiger partial charge on any atom is 0.258 e. The van der Waals surface area contributed by atoms with E-state index in [0.717, 1.165) is 25.7 Å². The molecule has 2 amide bonds. The first-order chi connectivity index (χ1) is 9.56. The van der Waals surface area contributed by atoms with E-state index in [2.05, 4.69) is 5.32 Å². The highest BCUT2D eigenvalue weighted by atomic mass is 16.5. The van der Waals surface area contributed by atoms with Gasteiger partial charge in [0.2, 0.25) is 0 Å². The summed E-state index contributed by atoms with van der Waals surface area (Å²) in [6.45, 7) is -0.138. The number of nitrogens with one attached hydrogen (secondary N) is 1. The van der Waals surface area contributed by atoms with Crippen LogP contribution in [0.3, 0.4) is 0 Å². The van der Waals surface area contributed by atoms with E-state index in [1.165, 1.54) is 12.1 Å². The summed E-state index contributed by atoms with van der Waals surface area (Å²) in [5, 5.41) is 2.90. The van der Waals surface area contributed by atoms with Gasteiger partial charge in [-0.15, -0.1) is 0 Å². The molecule has 2 rings (SSSR count). The number of carbonyl (C=O) groups is 2. The second-order valence-corrected chi connectivity index (χ2v) is 4.96. The first kappa shape index (κ1) is 14.2. The van der Waals surface area contributed by atoms with Crippen LogP contribution >= 0.6 is 0 Å². The molecule has 0 heterocycles. The number of carbonyl (C=O) groups excluding carboxylic acids is 2. The Bertz CT molecular complexity index is 510. The lowest BCUT2D eigenvalue weighted by molar-refractivity contribution is -0.123. The molecular formula is C14H19N3O3. The summed E-state index contributed by atoms with van der Waals surface area (Å²) in [7, 11) is 0. The van der Waals surface area contributed by atoms with Gasteiger partial charge in [0.15, 0.2) is 6.61 Å². The zero-order valence-corrected chi connectivity index (χ0v) is 11.2. The van der Waals surface area contributed by atoms with E-state index in [1.807, 2.05) is 0 Å². The van der Waals surface area contributed by atoms with E-state index >= 15 is 0 Å². The molecule has 0 bridgehead atoms. The maximum atomic E-state index is 11.7. The number of nitrogen functional groups attached to an aromatic ring is 1. The number of benzene rings is 1. The van der Waals surface area contributed by atoms with Crippen LogP contribution in [0.25, 0.3) is 0 Å². The van der Waals surface area contributed by atoms with Crippen molar-refractivity contribution in [3.8, 4) is 5.75 Å². The lowest BCUT2D eigenvalue weighted by Crippen LogP contribution is -2.36. The molecule has 1 aliphatic rings. The zero-order valence-electron chi connectivity index (χ0n) is 11.2. The molecule has 1 aliphatic carbocycles. The molecule has 108 valence electrons. The molecule has 0 unspecified atom stereocenters. The third-order valence-corrected chi connectivity index (χ3v) is 3.35. The third-order valence-electron chi connectivity index (χ3n) is 3.35. The Morgan fingerprint density at radius 1 is 1.30 bits per heavy atom. The van der Waals surface area contributed by atoms with Gasteiger partial charge < -0.3 is 21.5 Å². The number of ether oxygens (including phenoxy) is 1. The minimum absolute atomic E-state index is 0.138. The second kappa shape index (κ2) is 6.27. The van der Waals surface area contributed by atoms with Gasteiger partial charge in [0.25, 0.3) is 11.8 Å². The van der Waals surface area contributed by atoms with Gasteiger partial charge >= 0.3 is 0 Å². The van der Waals surface area contributed by atoms with Crippen LogP contribution in [0, 0.1) is 0 Å². The highest BCUT2D eigenvalue weighted by Gasteiger charge is 2.18. The molecule has 0 atom stereocenters. The SMILES string of the molecule is NC(=O)c1cc(N)ccc1OCC(=O)NC1CCCC1. The van der Waals surface area contributed by atoms with Gasteiger partial charge in [-0.25, -0.2) is 0 Å². The average Bonchev–Trinajstić information content (AvgIpc) is 2.90. The molecule has 0 aromatic heterocycles. The summed E-state index contributed by atoms with van der Waals surface area (Å²) in [4.78, 5) is 23.0. The van der Waals surface area contributed by atoms with Gasteiger partial charge in [-0.2, -0.15) is 0 Å². The molecule has 0 spiro atoms. The summed E-state index contributed by atoms with van der Waals surface area (Å²) in [5.41, 5.74) is 11.4. The van der Waals surface area contributed by atoms with Crippen LogP contribution in [0.5, 0.6) is 5.75 Å². The van der Waals surface area contributed by atoms with Crippen LogP contribution in [0.2, 0.25) is 0 Å². The molecule has 20 heavy (non-hydrogen) atoms. The number of hydrogen-bond donors (Lipinski definition) is 3. The summed E-state index contributed by atoms with van der Waals surface area (Å²) >= 11 is 0. The molecule has 1 fully saturated rings. The third kappa shape index (κ3) is 3.63. The number of amides is 2. The van der Waals surface area contributed by atoms with Gasteiger partial charge in [-0.3, -0.25) is 9.59 Å². The fraction of sp³-hybridized carbons (Fsp3) is 0.429. The molecule has 6 nitrogen and oxygen atoms in total. The molecule has 0 radical (unpaired) electrons. The van der Waals surface area contributed by atoms with E-state index in [4.69, 9.17) is 16.2 Å². The molecule has 1 saturated carbocycles. The predicted octanol–water partition coefficient (Wildman–Crippen LogP) is 0.805. The van der Waals surface area contributed by atoms with Crippen LogP contribution in [0.1, 0.15) is 36.0 Å². The number of nitrogens with two attached hydrogens (primary N) is 2. The highest BCUT2D eigenvalue weighted by molar-refractivity contribution is 5.96. The average molecular weight is 277 g/mol. The Kier molecular flexibility index (Phi) is 4.45. The van der Waals surface area contributed by atoms with Gasteiger partial charge in [0, 0.05) is 11.7 Å². The van der Waals surface area contributed by atoms with E-state index in [0.29, 0.717) is 5.69 Å². The Morgan fingerprint density at radius 2 is 2.00 bits per heavy atom.